The highest BCUT2D eigenvalue weighted by atomic mass is 32.2. The van der Waals surface area contributed by atoms with Crippen LogP contribution in [-0.2, 0) is 26.5 Å². The normalized spacial score (nSPS) is 14.4. The number of anilines is 1. The van der Waals surface area contributed by atoms with E-state index in [1.807, 2.05) is 0 Å². The standard InChI is InChI=1S/C17H19N3O6S2/c1-12-4-5-15(11-17(12)20(21)22)28(25,26)19-9-8-13-10-14(6-7-16(13)19)27(23,24)18(2)3/h4-7,10-11H,8-9H2,1-3H3. The summed E-state index contributed by atoms with van der Waals surface area (Å²) in [7, 11) is -4.81. The summed E-state index contributed by atoms with van der Waals surface area (Å²) in [5.74, 6) is 0. The molecular formula is C17H19N3O6S2. The quantitative estimate of drug-likeness (QED) is 0.533. The van der Waals surface area contributed by atoms with Gasteiger partial charge in [0.2, 0.25) is 10.0 Å². The molecule has 0 amide bonds. The molecule has 1 aliphatic rings. The number of sulfonamides is 2. The molecule has 1 heterocycles. The van der Waals surface area contributed by atoms with Crippen LogP contribution in [0.5, 0.6) is 0 Å². The van der Waals surface area contributed by atoms with Crippen LogP contribution in [0.4, 0.5) is 11.4 Å². The Morgan fingerprint density at radius 3 is 2.29 bits per heavy atom. The molecule has 1 aliphatic heterocycles. The topological polar surface area (TPSA) is 118 Å². The Hall–Kier alpha value is -2.50. The lowest BCUT2D eigenvalue weighted by molar-refractivity contribution is -0.385. The summed E-state index contributed by atoms with van der Waals surface area (Å²) in [6.45, 7) is 1.66. The van der Waals surface area contributed by atoms with E-state index in [1.54, 1.807) is 0 Å². The number of aryl methyl sites for hydroxylation is 1. The van der Waals surface area contributed by atoms with Crippen molar-refractivity contribution in [1.82, 2.24) is 4.31 Å². The smallest absolute Gasteiger partial charge is 0.266 e. The second-order valence-corrected chi connectivity index (χ2v) is 10.6. The molecular weight excluding hydrogens is 406 g/mol. The zero-order chi connectivity index (χ0) is 20.9. The van der Waals surface area contributed by atoms with Crippen LogP contribution < -0.4 is 4.31 Å². The minimum atomic E-state index is -4.02. The molecule has 0 aromatic heterocycles. The summed E-state index contributed by atoms with van der Waals surface area (Å²) >= 11 is 0. The first-order valence-electron chi connectivity index (χ1n) is 8.29. The summed E-state index contributed by atoms with van der Waals surface area (Å²) in [6.07, 6.45) is 0.347. The largest absolute Gasteiger partial charge is 0.273 e. The van der Waals surface area contributed by atoms with E-state index >= 15 is 0 Å². The van der Waals surface area contributed by atoms with Crippen LogP contribution in [-0.4, -0.2) is 46.7 Å². The zero-order valence-corrected chi connectivity index (χ0v) is 17.1. The number of nitro benzene ring substituents is 1. The average Bonchev–Trinajstić information content (AvgIpc) is 3.05. The summed E-state index contributed by atoms with van der Waals surface area (Å²) < 4.78 is 52.9. The molecule has 28 heavy (non-hydrogen) atoms. The summed E-state index contributed by atoms with van der Waals surface area (Å²) in [5.41, 5.74) is 1.06. The van der Waals surface area contributed by atoms with Gasteiger partial charge in [0.25, 0.3) is 15.7 Å². The van der Waals surface area contributed by atoms with Crippen LogP contribution in [0.2, 0.25) is 0 Å². The van der Waals surface area contributed by atoms with Crippen molar-refractivity contribution in [3.63, 3.8) is 0 Å². The van der Waals surface area contributed by atoms with E-state index in [2.05, 4.69) is 0 Å². The lowest BCUT2D eigenvalue weighted by Crippen LogP contribution is -2.29. The lowest BCUT2D eigenvalue weighted by atomic mass is 10.2. The van der Waals surface area contributed by atoms with Gasteiger partial charge in [-0.2, -0.15) is 0 Å². The number of benzene rings is 2. The molecule has 0 bridgehead atoms. The van der Waals surface area contributed by atoms with Crippen LogP contribution in [0.3, 0.4) is 0 Å². The number of hydrogen-bond acceptors (Lipinski definition) is 6. The molecule has 0 atom stereocenters. The SMILES string of the molecule is Cc1ccc(S(=O)(=O)N2CCc3cc(S(=O)(=O)N(C)C)ccc32)cc1[N+](=O)[O-]. The van der Waals surface area contributed by atoms with Crippen molar-refractivity contribution in [1.29, 1.82) is 0 Å². The van der Waals surface area contributed by atoms with E-state index in [0.717, 1.165) is 14.7 Å². The van der Waals surface area contributed by atoms with Crippen LogP contribution in [0.25, 0.3) is 0 Å². The molecule has 0 fully saturated rings. The molecule has 2 aromatic rings. The fraction of sp³-hybridized carbons (Fsp3) is 0.294. The molecule has 0 unspecified atom stereocenters. The Bertz CT molecular complexity index is 1170. The van der Waals surface area contributed by atoms with Crippen LogP contribution in [0.1, 0.15) is 11.1 Å². The minimum Gasteiger partial charge on any atom is -0.266 e. The van der Waals surface area contributed by atoms with Crippen LogP contribution in [0.15, 0.2) is 46.2 Å². The Kier molecular flexibility index (Phi) is 4.94. The van der Waals surface area contributed by atoms with Crippen molar-refractivity contribution >= 4 is 31.4 Å². The van der Waals surface area contributed by atoms with Crippen molar-refractivity contribution in [2.24, 2.45) is 0 Å². The molecule has 0 N–H and O–H groups in total. The monoisotopic (exact) mass is 425 g/mol. The maximum Gasteiger partial charge on any atom is 0.273 e. The van der Waals surface area contributed by atoms with Gasteiger partial charge < -0.3 is 0 Å². The summed E-state index contributed by atoms with van der Waals surface area (Å²) in [4.78, 5) is 10.4. The number of hydrogen-bond donors (Lipinski definition) is 0. The van der Waals surface area contributed by atoms with Crippen molar-refractivity contribution in [2.45, 2.75) is 23.1 Å². The van der Waals surface area contributed by atoms with Gasteiger partial charge in [-0.25, -0.2) is 21.1 Å². The van der Waals surface area contributed by atoms with Crippen molar-refractivity contribution in [2.75, 3.05) is 24.9 Å². The first-order chi connectivity index (χ1) is 13.0. The Labute approximate surface area is 163 Å². The van der Waals surface area contributed by atoms with Crippen molar-refractivity contribution in [3.05, 3.63) is 57.6 Å². The van der Waals surface area contributed by atoms with Crippen molar-refractivity contribution < 1.29 is 21.8 Å². The second-order valence-electron chi connectivity index (χ2n) is 6.61. The van der Waals surface area contributed by atoms with E-state index in [4.69, 9.17) is 0 Å². The third-order valence-electron chi connectivity index (χ3n) is 4.65. The zero-order valence-electron chi connectivity index (χ0n) is 15.5. The third-order valence-corrected chi connectivity index (χ3v) is 8.27. The Morgan fingerprint density at radius 2 is 1.68 bits per heavy atom. The molecule has 11 heteroatoms. The number of fused-ring (bicyclic) bond motifs is 1. The molecule has 0 saturated carbocycles. The first-order valence-corrected chi connectivity index (χ1v) is 11.2. The summed E-state index contributed by atoms with van der Waals surface area (Å²) in [6, 6.07) is 8.07. The van der Waals surface area contributed by atoms with Crippen LogP contribution in [0, 0.1) is 17.0 Å². The van der Waals surface area contributed by atoms with Gasteiger partial charge in [-0.3, -0.25) is 14.4 Å². The molecule has 0 radical (unpaired) electrons. The highest BCUT2D eigenvalue weighted by Gasteiger charge is 2.33. The molecule has 0 aliphatic carbocycles. The van der Waals surface area contributed by atoms with Crippen LogP contribution >= 0.6 is 0 Å². The van der Waals surface area contributed by atoms with E-state index in [0.29, 0.717) is 23.2 Å². The minimum absolute atomic E-state index is 0.0847. The number of nitrogens with zero attached hydrogens (tertiary/aromatic N) is 3. The average molecular weight is 425 g/mol. The van der Waals surface area contributed by atoms with E-state index in [9.17, 15) is 26.9 Å². The van der Waals surface area contributed by atoms with Gasteiger partial charge in [0.1, 0.15) is 0 Å². The molecule has 0 saturated heterocycles. The molecule has 150 valence electrons. The Balaban J connectivity index is 2.04. The molecule has 2 aromatic carbocycles. The molecule has 3 rings (SSSR count). The van der Waals surface area contributed by atoms with E-state index < -0.39 is 25.0 Å². The first kappa shape index (κ1) is 20.2. The Morgan fingerprint density at radius 1 is 1.04 bits per heavy atom. The highest BCUT2D eigenvalue weighted by molar-refractivity contribution is 7.92. The molecule has 9 nitrogen and oxygen atoms in total. The van der Waals surface area contributed by atoms with Gasteiger partial charge in [-0.15, -0.1) is 0 Å². The summed E-state index contributed by atoms with van der Waals surface area (Å²) in [5, 5.41) is 11.1. The van der Waals surface area contributed by atoms with Gasteiger partial charge in [0, 0.05) is 32.3 Å². The predicted molar refractivity (Wildman–Crippen MR) is 103 cm³/mol. The van der Waals surface area contributed by atoms with Gasteiger partial charge in [-0.05, 0) is 43.2 Å². The maximum absolute atomic E-state index is 13.1. The predicted octanol–water partition coefficient (Wildman–Crippen LogP) is 1.90. The van der Waals surface area contributed by atoms with Crippen molar-refractivity contribution in [3.8, 4) is 0 Å². The van der Waals surface area contributed by atoms with Gasteiger partial charge in [0.15, 0.2) is 0 Å². The fourth-order valence-corrected chi connectivity index (χ4v) is 5.52. The van der Waals surface area contributed by atoms with E-state index in [-0.39, 0.29) is 22.0 Å². The fourth-order valence-electron chi connectivity index (χ4n) is 3.04. The number of nitro groups is 1. The maximum atomic E-state index is 13.1. The van der Waals surface area contributed by atoms with Gasteiger partial charge >= 0.3 is 0 Å². The number of rotatable bonds is 5. The second kappa shape index (κ2) is 6.83. The van der Waals surface area contributed by atoms with Gasteiger partial charge in [-0.1, -0.05) is 6.07 Å². The van der Waals surface area contributed by atoms with E-state index in [1.165, 1.54) is 51.4 Å². The third kappa shape index (κ3) is 3.25. The van der Waals surface area contributed by atoms with Gasteiger partial charge in [0.05, 0.1) is 20.4 Å². The lowest BCUT2D eigenvalue weighted by Gasteiger charge is -2.20. The molecule has 0 spiro atoms. The highest BCUT2D eigenvalue weighted by Crippen LogP contribution is 2.35.